The minimum atomic E-state index is -2.78. The molecule has 0 N–H and O–H groups in total. The average Bonchev–Trinajstić information content (AvgIpc) is 3.50. The molecule has 3 aromatic carbocycles. The van der Waals surface area contributed by atoms with Gasteiger partial charge in [-0.1, -0.05) is 165 Å². The van der Waals surface area contributed by atoms with E-state index in [1.807, 2.05) is 38.1 Å². The summed E-state index contributed by atoms with van der Waals surface area (Å²) in [4.78, 5) is 13.6. The summed E-state index contributed by atoms with van der Waals surface area (Å²) in [6.07, 6.45) is 7.75. The van der Waals surface area contributed by atoms with E-state index in [0.717, 1.165) is 6.04 Å². The summed E-state index contributed by atoms with van der Waals surface area (Å²) in [5.41, 5.74) is 1.08. The lowest BCUT2D eigenvalue weighted by atomic mass is 10.00. The predicted octanol–water partition coefficient (Wildman–Crippen LogP) is 11.6. The molecule has 0 aromatic heterocycles. The first kappa shape index (κ1) is 51.5. The Morgan fingerprint density at radius 2 is 1.39 bits per heavy atom. The van der Waals surface area contributed by atoms with E-state index in [4.69, 9.17) is 32.5 Å². The molecule has 62 heavy (non-hydrogen) atoms. The lowest BCUT2D eigenvalue weighted by Gasteiger charge is -2.45. The van der Waals surface area contributed by atoms with Crippen LogP contribution in [0.3, 0.4) is 0 Å². The molecule has 1 fully saturated rings. The van der Waals surface area contributed by atoms with Crippen LogP contribution < -0.4 is 15.1 Å². The highest BCUT2D eigenvalue weighted by Gasteiger charge is 2.52. The van der Waals surface area contributed by atoms with E-state index < -0.39 is 42.6 Å². The van der Waals surface area contributed by atoms with Crippen molar-refractivity contribution in [1.82, 2.24) is 0 Å². The number of ether oxygens (including phenoxy) is 5. The fourth-order valence-electron chi connectivity index (χ4n) is 7.57. The molecule has 1 aliphatic rings. The van der Waals surface area contributed by atoms with E-state index in [9.17, 15) is 4.79 Å². The Labute approximate surface area is 378 Å². The van der Waals surface area contributed by atoms with Crippen molar-refractivity contribution in [2.24, 2.45) is 5.92 Å². The van der Waals surface area contributed by atoms with Gasteiger partial charge in [-0.3, -0.25) is 0 Å². The van der Waals surface area contributed by atoms with E-state index in [0.29, 0.717) is 29.9 Å². The fraction of sp³-hybridized carbons (Fsp3) is 0.549. The van der Waals surface area contributed by atoms with Gasteiger partial charge in [-0.25, -0.2) is 4.79 Å². The van der Waals surface area contributed by atoms with Crippen molar-refractivity contribution in [1.29, 1.82) is 0 Å². The largest absolute Gasteiger partial charge is 0.467 e. The molecule has 3 aromatic rings. The van der Waals surface area contributed by atoms with Crippen molar-refractivity contribution in [2.45, 2.75) is 155 Å². The van der Waals surface area contributed by atoms with Crippen LogP contribution in [0.25, 0.3) is 6.08 Å². The lowest BCUT2D eigenvalue weighted by molar-refractivity contribution is -0.151. The minimum absolute atomic E-state index is 0.0124. The van der Waals surface area contributed by atoms with E-state index in [-0.39, 0.29) is 41.1 Å². The first-order valence-corrected chi connectivity index (χ1v) is 30.9. The summed E-state index contributed by atoms with van der Waals surface area (Å²) in [6, 6.07) is 28.0. The van der Waals surface area contributed by atoms with Gasteiger partial charge in [0.2, 0.25) is 0 Å². The molecular formula is C51H78O8Si3. The quantitative estimate of drug-likeness (QED) is 0.0480. The van der Waals surface area contributed by atoms with Crippen molar-refractivity contribution >= 4 is 47.1 Å². The molecular weight excluding hydrogens is 825 g/mol. The van der Waals surface area contributed by atoms with Gasteiger partial charge in [-0.05, 0) is 84.3 Å². The second-order valence-electron chi connectivity index (χ2n) is 21.1. The van der Waals surface area contributed by atoms with E-state index in [2.05, 4.69) is 161 Å². The molecule has 1 unspecified atom stereocenters. The third-order valence-electron chi connectivity index (χ3n) is 12.3. The van der Waals surface area contributed by atoms with Crippen molar-refractivity contribution in [3.63, 3.8) is 0 Å². The number of rotatable bonds is 20. The second kappa shape index (κ2) is 21.2. The number of hydrogen-bond acceptors (Lipinski definition) is 8. The zero-order valence-corrected chi connectivity index (χ0v) is 43.8. The van der Waals surface area contributed by atoms with Crippen LogP contribution in [0.15, 0.2) is 97.1 Å². The second-order valence-corrected chi connectivity index (χ2v) is 35.7. The van der Waals surface area contributed by atoms with Crippen LogP contribution in [0, 0.1) is 5.92 Å². The maximum atomic E-state index is 13.6. The van der Waals surface area contributed by atoms with Crippen LogP contribution in [0.2, 0.25) is 48.9 Å². The van der Waals surface area contributed by atoms with Gasteiger partial charge in [0.15, 0.2) is 20.9 Å². The Morgan fingerprint density at radius 3 is 1.92 bits per heavy atom. The number of hydrogen-bond donors (Lipinski definition) is 0. The number of esters is 1. The zero-order chi connectivity index (χ0) is 46.1. The fourth-order valence-corrected chi connectivity index (χ4v) is 14.3. The first-order valence-electron chi connectivity index (χ1n) is 22.4. The standard InChI is InChI=1S/C51H78O8Si3/c1-38(39(2)58-62(50(6,7)8,41-27-19-17-20-28-41)42-29-21-18-22-30-42)33-34-45(59-61(15,16)49(3,4)5)47-44(56-51(9,10)57-47)32-24-26-40-25-23-31-43(55-37-53-11)46(40)48(52)54-35-36-60(12,13)14/h17-31,33-34,38-39,44-45,47H,32,35-37H2,1-16H3/b26-24+,34-33-/t38-,39+,44+,45?,47+/m1/s1. The highest BCUT2D eigenvalue weighted by molar-refractivity contribution is 6.99. The summed E-state index contributed by atoms with van der Waals surface area (Å²) in [5.74, 6) is -0.783. The van der Waals surface area contributed by atoms with Crippen molar-refractivity contribution in [2.75, 3.05) is 20.5 Å². The minimum Gasteiger partial charge on any atom is -0.467 e. The van der Waals surface area contributed by atoms with Crippen LogP contribution in [-0.4, -0.2) is 81.4 Å². The van der Waals surface area contributed by atoms with Gasteiger partial charge in [-0.15, -0.1) is 0 Å². The smallest absolute Gasteiger partial charge is 0.342 e. The predicted molar refractivity (Wildman–Crippen MR) is 263 cm³/mol. The molecule has 0 amide bonds. The molecule has 0 radical (unpaired) electrons. The maximum absolute atomic E-state index is 13.6. The van der Waals surface area contributed by atoms with Crippen LogP contribution >= 0.6 is 0 Å². The molecule has 1 heterocycles. The Bertz CT molecular complexity index is 1890. The number of benzene rings is 3. The molecule has 342 valence electrons. The van der Waals surface area contributed by atoms with Crippen molar-refractivity contribution in [3.05, 3.63) is 108 Å². The zero-order valence-electron chi connectivity index (χ0n) is 40.8. The van der Waals surface area contributed by atoms with Crippen LogP contribution in [0.5, 0.6) is 5.75 Å². The third-order valence-corrected chi connectivity index (χ3v) is 23.6. The molecule has 5 atom stereocenters. The van der Waals surface area contributed by atoms with E-state index in [1.54, 1.807) is 13.2 Å². The van der Waals surface area contributed by atoms with Gasteiger partial charge < -0.3 is 32.5 Å². The SMILES string of the molecule is COCOc1cccc(/C=C/C[C@@H]2OC(C)(C)O[C@@H]2C(/C=C\[C@@H](C)[C@H](C)O[Si](c2ccccc2)(c2ccccc2)C(C)(C)C)O[Si](C)(C)C(C)(C)C)c1C(=O)OCC[Si](C)(C)C. The third kappa shape index (κ3) is 13.4. The normalized spacial score (nSPS) is 19.2. The molecule has 0 aliphatic carbocycles. The Balaban J connectivity index is 1.68. The topological polar surface area (TPSA) is 81.7 Å². The highest BCUT2D eigenvalue weighted by atomic mass is 28.4. The molecule has 8 nitrogen and oxygen atoms in total. The molecule has 11 heteroatoms. The van der Waals surface area contributed by atoms with E-state index >= 15 is 0 Å². The van der Waals surface area contributed by atoms with Crippen LogP contribution in [0.4, 0.5) is 0 Å². The summed E-state index contributed by atoms with van der Waals surface area (Å²) >= 11 is 0. The summed E-state index contributed by atoms with van der Waals surface area (Å²) < 4.78 is 45.1. The van der Waals surface area contributed by atoms with Gasteiger partial charge in [0.1, 0.15) is 17.4 Å². The first-order chi connectivity index (χ1) is 28.8. The van der Waals surface area contributed by atoms with Gasteiger partial charge in [0.25, 0.3) is 8.32 Å². The van der Waals surface area contributed by atoms with E-state index in [1.165, 1.54) is 10.4 Å². The average molecular weight is 903 g/mol. The monoisotopic (exact) mass is 903 g/mol. The van der Waals surface area contributed by atoms with Crippen LogP contribution in [0.1, 0.15) is 91.6 Å². The van der Waals surface area contributed by atoms with Gasteiger partial charge in [0, 0.05) is 21.3 Å². The van der Waals surface area contributed by atoms with Gasteiger partial charge in [0.05, 0.1) is 18.8 Å². The van der Waals surface area contributed by atoms with Crippen LogP contribution in [-0.2, 0) is 27.8 Å². The Hall–Kier alpha value is -3.14. The number of carbonyl (C=O) groups is 1. The van der Waals surface area contributed by atoms with Crippen molar-refractivity contribution < 1.29 is 37.3 Å². The molecule has 0 saturated carbocycles. The molecule has 0 bridgehead atoms. The summed E-state index contributed by atoms with van der Waals surface area (Å²) in [7, 11) is -4.94. The summed E-state index contributed by atoms with van der Waals surface area (Å²) in [6.45, 7) is 33.8. The van der Waals surface area contributed by atoms with Gasteiger partial charge >= 0.3 is 5.97 Å². The van der Waals surface area contributed by atoms with Gasteiger partial charge in [-0.2, -0.15) is 0 Å². The number of carbonyl (C=O) groups excluding carboxylic acids is 1. The Kier molecular flexibility index (Phi) is 17.6. The number of methoxy groups -OCH3 is 1. The van der Waals surface area contributed by atoms with Crippen molar-refractivity contribution in [3.8, 4) is 5.75 Å². The molecule has 0 spiro atoms. The summed E-state index contributed by atoms with van der Waals surface area (Å²) in [5, 5.41) is 2.34. The molecule has 1 saturated heterocycles. The highest BCUT2D eigenvalue weighted by Crippen LogP contribution is 2.42. The molecule has 1 aliphatic heterocycles. The molecule has 4 rings (SSSR count). The Morgan fingerprint density at radius 1 is 0.790 bits per heavy atom. The lowest BCUT2D eigenvalue weighted by Crippen LogP contribution is -2.67. The maximum Gasteiger partial charge on any atom is 0.342 e.